The van der Waals surface area contributed by atoms with E-state index in [-0.39, 0.29) is 18.9 Å². The number of carbonyl (C=O) groups is 3. The van der Waals surface area contributed by atoms with Crippen molar-refractivity contribution < 1.29 is 24.2 Å². The number of imide groups is 1. The molecule has 0 aliphatic heterocycles. The van der Waals surface area contributed by atoms with Gasteiger partial charge in [0.05, 0.1) is 19.1 Å². The summed E-state index contributed by atoms with van der Waals surface area (Å²) in [6.45, 7) is 5.58. The number of carbonyl (C=O) groups excluding carboxylic acids is 2. The molecule has 0 aliphatic carbocycles. The fourth-order valence-electron chi connectivity index (χ4n) is 1.76. The minimum atomic E-state index is -0.974. The number of amides is 3. The Kier molecular flexibility index (Phi) is 7.83. The van der Waals surface area contributed by atoms with Crippen LogP contribution in [0.1, 0.15) is 40.0 Å². The largest absolute Gasteiger partial charge is 0.481 e. The van der Waals surface area contributed by atoms with Crippen molar-refractivity contribution in [3.63, 3.8) is 0 Å². The monoisotopic (exact) mass is 288 g/mol. The van der Waals surface area contributed by atoms with Gasteiger partial charge in [0.2, 0.25) is 5.91 Å². The zero-order valence-electron chi connectivity index (χ0n) is 12.5. The number of methoxy groups -OCH3 is 1. The lowest BCUT2D eigenvalue weighted by molar-refractivity contribution is -0.139. The maximum Gasteiger partial charge on any atom is 0.321 e. The van der Waals surface area contributed by atoms with E-state index in [2.05, 4.69) is 10.6 Å². The van der Waals surface area contributed by atoms with Crippen molar-refractivity contribution in [3.05, 3.63) is 0 Å². The summed E-state index contributed by atoms with van der Waals surface area (Å²) in [5.74, 6) is -1.47. The topological polar surface area (TPSA) is 105 Å². The molecule has 0 fully saturated rings. The molecule has 0 aromatic heterocycles. The molecule has 7 nitrogen and oxygen atoms in total. The van der Waals surface area contributed by atoms with Gasteiger partial charge < -0.3 is 15.2 Å². The van der Waals surface area contributed by atoms with Gasteiger partial charge in [-0.25, -0.2) is 4.79 Å². The summed E-state index contributed by atoms with van der Waals surface area (Å²) in [6.07, 6.45) is 0.511. The van der Waals surface area contributed by atoms with E-state index in [9.17, 15) is 14.4 Å². The number of carboxylic acids is 1. The molecule has 0 radical (unpaired) electrons. The molecule has 0 heterocycles. The average Bonchev–Trinajstić information content (AvgIpc) is 2.24. The Morgan fingerprint density at radius 2 is 1.85 bits per heavy atom. The molecule has 0 saturated carbocycles. The van der Waals surface area contributed by atoms with Gasteiger partial charge in [-0.15, -0.1) is 0 Å². The molecule has 0 aromatic carbocycles. The first kappa shape index (κ1) is 18.4. The Labute approximate surface area is 119 Å². The third-order valence-electron chi connectivity index (χ3n) is 2.72. The number of rotatable bonds is 8. The SMILES string of the molecule is CCC(COC)NC(=O)NC(=O)CC(C)(C)CC(=O)O. The van der Waals surface area contributed by atoms with Crippen molar-refractivity contribution >= 4 is 17.9 Å². The van der Waals surface area contributed by atoms with Gasteiger partial charge in [-0.2, -0.15) is 0 Å². The van der Waals surface area contributed by atoms with Crippen LogP contribution in [0.2, 0.25) is 0 Å². The highest BCUT2D eigenvalue weighted by molar-refractivity contribution is 5.94. The van der Waals surface area contributed by atoms with Crippen molar-refractivity contribution in [3.8, 4) is 0 Å². The van der Waals surface area contributed by atoms with E-state index in [4.69, 9.17) is 9.84 Å². The van der Waals surface area contributed by atoms with Crippen LogP contribution in [0.4, 0.5) is 4.79 Å². The predicted molar refractivity (Wildman–Crippen MR) is 73.3 cm³/mol. The molecule has 0 aliphatic rings. The zero-order valence-corrected chi connectivity index (χ0v) is 12.5. The van der Waals surface area contributed by atoms with Crippen LogP contribution < -0.4 is 10.6 Å². The normalized spacial score (nSPS) is 12.6. The van der Waals surface area contributed by atoms with Gasteiger partial charge in [0, 0.05) is 13.5 Å². The first-order valence-electron chi connectivity index (χ1n) is 6.51. The molecule has 0 saturated heterocycles. The van der Waals surface area contributed by atoms with Crippen LogP contribution in [0.5, 0.6) is 0 Å². The van der Waals surface area contributed by atoms with E-state index in [1.54, 1.807) is 13.8 Å². The minimum Gasteiger partial charge on any atom is -0.481 e. The first-order chi connectivity index (χ1) is 9.20. The summed E-state index contributed by atoms with van der Waals surface area (Å²) in [5, 5.41) is 13.5. The summed E-state index contributed by atoms with van der Waals surface area (Å²) in [6, 6.07) is -0.759. The Morgan fingerprint density at radius 3 is 2.30 bits per heavy atom. The van der Waals surface area contributed by atoms with Gasteiger partial charge in [-0.05, 0) is 11.8 Å². The van der Waals surface area contributed by atoms with Crippen molar-refractivity contribution in [1.82, 2.24) is 10.6 Å². The van der Waals surface area contributed by atoms with Crippen LogP contribution in [-0.4, -0.2) is 42.8 Å². The number of hydrogen-bond donors (Lipinski definition) is 3. The lowest BCUT2D eigenvalue weighted by Gasteiger charge is -2.22. The number of carboxylic acid groups (broad SMARTS) is 1. The van der Waals surface area contributed by atoms with Gasteiger partial charge in [0.25, 0.3) is 0 Å². The third kappa shape index (κ3) is 8.47. The lowest BCUT2D eigenvalue weighted by atomic mass is 9.85. The average molecular weight is 288 g/mol. The number of aliphatic carboxylic acids is 1. The number of ether oxygens (including phenoxy) is 1. The summed E-state index contributed by atoms with van der Waals surface area (Å²) in [4.78, 5) is 33.9. The smallest absolute Gasteiger partial charge is 0.321 e. The molecule has 0 spiro atoms. The second-order valence-corrected chi connectivity index (χ2v) is 5.49. The molecule has 116 valence electrons. The van der Waals surface area contributed by atoms with Gasteiger partial charge in [0.15, 0.2) is 0 Å². The Bertz CT molecular complexity index is 355. The lowest BCUT2D eigenvalue weighted by Crippen LogP contribution is -2.46. The second kappa shape index (κ2) is 8.52. The number of urea groups is 1. The van der Waals surface area contributed by atoms with Crippen LogP contribution in [0.25, 0.3) is 0 Å². The third-order valence-corrected chi connectivity index (χ3v) is 2.72. The molecule has 0 bridgehead atoms. The molecule has 1 unspecified atom stereocenters. The second-order valence-electron chi connectivity index (χ2n) is 5.49. The Hall–Kier alpha value is -1.63. The van der Waals surface area contributed by atoms with Crippen molar-refractivity contribution in [2.75, 3.05) is 13.7 Å². The maximum absolute atomic E-state index is 11.7. The van der Waals surface area contributed by atoms with E-state index in [1.807, 2.05) is 6.92 Å². The molecule has 1 atom stereocenters. The van der Waals surface area contributed by atoms with Crippen LogP contribution in [0, 0.1) is 5.41 Å². The van der Waals surface area contributed by atoms with Gasteiger partial charge in [0.1, 0.15) is 0 Å². The molecular formula is C13H24N2O5. The number of hydrogen-bond acceptors (Lipinski definition) is 4. The highest BCUT2D eigenvalue weighted by Gasteiger charge is 2.26. The number of nitrogens with one attached hydrogen (secondary N) is 2. The van der Waals surface area contributed by atoms with Gasteiger partial charge >= 0.3 is 12.0 Å². The zero-order chi connectivity index (χ0) is 15.8. The van der Waals surface area contributed by atoms with E-state index in [1.165, 1.54) is 7.11 Å². The molecule has 0 aromatic rings. The fraction of sp³-hybridized carbons (Fsp3) is 0.769. The van der Waals surface area contributed by atoms with Crippen LogP contribution in [-0.2, 0) is 14.3 Å². The van der Waals surface area contributed by atoms with Crippen molar-refractivity contribution in [2.24, 2.45) is 5.41 Å². The summed E-state index contributed by atoms with van der Waals surface area (Å²) < 4.78 is 4.93. The minimum absolute atomic E-state index is 0.0339. The Morgan fingerprint density at radius 1 is 1.25 bits per heavy atom. The molecule has 7 heteroatoms. The van der Waals surface area contributed by atoms with Crippen LogP contribution in [0.15, 0.2) is 0 Å². The molecular weight excluding hydrogens is 264 g/mol. The predicted octanol–water partition coefficient (Wildman–Crippen LogP) is 1.13. The maximum atomic E-state index is 11.7. The molecule has 20 heavy (non-hydrogen) atoms. The van der Waals surface area contributed by atoms with Crippen molar-refractivity contribution in [2.45, 2.75) is 46.1 Å². The van der Waals surface area contributed by atoms with Crippen LogP contribution in [0.3, 0.4) is 0 Å². The summed E-state index contributed by atoms with van der Waals surface area (Å²) >= 11 is 0. The van der Waals surface area contributed by atoms with E-state index in [0.29, 0.717) is 13.0 Å². The fourth-order valence-corrected chi connectivity index (χ4v) is 1.76. The quantitative estimate of drug-likeness (QED) is 0.621. The van der Waals surface area contributed by atoms with Crippen LogP contribution >= 0.6 is 0 Å². The molecule has 3 N–H and O–H groups in total. The highest BCUT2D eigenvalue weighted by atomic mass is 16.5. The van der Waals surface area contributed by atoms with Gasteiger partial charge in [-0.3, -0.25) is 14.9 Å². The standard InChI is InChI=1S/C13H24N2O5/c1-5-9(8-20-4)14-12(19)15-10(16)6-13(2,3)7-11(17)18/h9H,5-8H2,1-4H3,(H,17,18)(H2,14,15,16,19). The highest BCUT2D eigenvalue weighted by Crippen LogP contribution is 2.24. The van der Waals surface area contributed by atoms with E-state index in [0.717, 1.165) is 0 Å². The van der Waals surface area contributed by atoms with E-state index < -0.39 is 23.3 Å². The van der Waals surface area contributed by atoms with Crippen molar-refractivity contribution in [1.29, 1.82) is 0 Å². The first-order valence-corrected chi connectivity index (χ1v) is 6.51. The Balaban J connectivity index is 4.25. The molecule has 3 amide bonds. The van der Waals surface area contributed by atoms with E-state index >= 15 is 0 Å². The molecule has 0 rings (SSSR count). The summed E-state index contributed by atoms with van der Waals surface area (Å²) in [5.41, 5.74) is -0.702. The summed E-state index contributed by atoms with van der Waals surface area (Å²) in [7, 11) is 1.53. The van der Waals surface area contributed by atoms with Gasteiger partial charge in [-0.1, -0.05) is 20.8 Å².